The van der Waals surface area contributed by atoms with Gasteiger partial charge in [0.05, 0.1) is 6.26 Å². The molecule has 0 unspecified atom stereocenters. The number of aliphatic hydroxyl groups excluding tert-OH is 1. The fourth-order valence-electron chi connectivity index (χ4n) is 1.29. The van der Waals surface area contributed by atoms with Gasteiger partial charge in [-0.25, -0.2) is 0 Å². The minimum Gasteiger partial charge on any atom is -0.515 e. The van der Waals surface area contributed by atoms with Crippen LogP contribution >= 0.6 is 15.9 Å². The van der Waals surface area contributed by atoms with E-state index >= 15 is 0 Å². The van der Waals surface area contributed by atoms with Gasteiger partial charge in [0.25, 0.3) is 0 Å². The Morgan fingerprint density at radius 3 is 2.93 bits per heavy atom. The van der Waals surface area contributed by atoms with Gasteiger partial charge in [-0.1, -0.05) is 15.9 Å². The lowest BCUT2D eigenvalue weighted by molar-refractivity contribution is 0.102. The zero-order valence-electron chi connectivity index (χ0n) is 7.61. The summed E-state index contributed by atoms with van der Waals surface area (Å²) < 4.78 is 6.23. The van der Waals surface area contributed by atoms with Gasteiger partial charge in [0.1, 0.15) is 5.58 Å². The molecule has 0 atom stereocenters. The van der Waals surface area contributed by atoms with Gasteiger partial charge >= 0.3 is 0 Å². The van der Waals surface area contributed by atoms with Crippen molar-refractivity contribution in [1.82, 2.24) is 0 Å². The van der Waals surface area contributed by atoms with Crippen molar-refractivity contribution in [2.24, 2.45) is 0 Å². The molecule has 1 heterocycles. The van der Waals surface area contributed by atoms with Crippen LogP contribution in [0.3, 0.4) is 0 Å². The molecular formula is C11H7BrO3. The second-order valence-electron chi connectivity index (χ2n) is 2.97. The van der Waals surface area contributed by atoms with E-state index in [4.69, 9.17) is 9.52 Å². The Hall–Kier alpha value is -1.55. The monoisotopic (exact) mass is 266 g/mol. The second kappa shape index (κ2) is 3.90. The van der Waals surface area contributed by atoms with Crippen molar-refractivity contribution in [2.75, 3.05) is 0 Å². The van der Waals surface area contributed by atoms with Crippen LogP contribution in [0.1, 0.15) is 10.6 Å². The van der Waals surface area contributed by atoms with E-state index < -0.39 is 0 Å². The largest absolute Gasteiger partial charge is 0.515 e. The topological polar surface area (TPSA) is 50.4 Å². The van der Waals surface area contributed by atoms with Crippen LogP contribution in [0.5, 0.6) is 0 Å². The summed E-state index contributed by atoms with van der Waals surface area (Å²) in [5, 5.41) is 9.31. The van der Waals surface area contributed by atoms with E-state index in [1.54, 1.807) is 12.1 Å². The Bertz CT molecular complexity index is 540. The third-order valence-corrected chi connectivity index (χ3v) is 2.44. The number of aliphatic hydroxyl groups is 1. The standard InChI is InChI=1S/C11H7BrO3/c12-8-1-2-10-7(5-8)6-11(15-10)9(14)3-4-13/h1-6,13H. The highest BCUT2D eigenvalue weighted by molar-refractivity contribution is 9.10. The summed E-state index contributed by atoms with van der Waals surface area (Å²) in [6.07, 6.45) is 1.75. The minimum absolute atomic E-state index is 0.216. The Kier molecular flexibility index (Phi) is 2.60. The van der Waals surface area contributed by atoms with Gasteiger partial charge < -0.3 is 9.52 Å². The highest BCUT2D eigenvalue weighted by atomic mass is 79.9. The van der Waals surface area contributed by atoms with Crippen molar-refractivity contribution in [3.05, 3.63) is 46.8 Å². The first-order valence-corrected chi connectivity index (χ1v) is 5.04. The number of halogens is 1. The van der Waals surface area contributed by atoms with Crippen molar-refractivity contribution < 1.29 is 14.3 Å². The SMILES string of the molecule is O=C(C=CO)c1cc2cc(Br)ccc2o1. The number of fused-ring (bicyclic) bond motifs is 1. The first kappa shape index (κ1) is 9.98. The summed E-state index contributed by atoms with van der Waals surface area (Å²) in [6.45, 7) is 0. The number of rotatable bonds is 2. The molecule has 0 aliphatic heterocycles. The molecule has 0 saturated heterocycles. The molecule has 0 fully saturated rings. The van der Waals surface area contributed by atoms with Gasteiger partial charge in [0.2, 0.25) is 5.78 Å². The molecule has 4 heteroatoms. The lowest BCUT2D eigenvalue weighted by atomic mass is 10.2. The molecule has 0 bridgehead atoms. The molecule has 2 rings (SSSR count). The smallest absolute Gasteiger partial charge is 0.224 e. The van der Waals surface area contributed by atoms with Crippen LogP contribution in [-0.4, -0.2) is 10.9 Å². The number of ketones is 1. The lowest BCUT2D eigenvalue weighted by Crippen LogP contribution is -1.89. The fourth-order valence-corrected chi connectivity index (χ4v) is 1.66. The molecule has 76 valence electrons. The Labute approximate surface area is 94.1 Å². The molecule has 3 nitrogen and oxygen atoms in total. The zero-order valence-corrected chi connectivity index (χ0v) is 9.19. The molecule has 1 aromatic heterocycles. The van der Waals surface area contributed by atoms with Crippen LogP contribution in [0.2, 0.25) is 0 Å². The Morgan fingerprint density at radius 2 is 2.20 bits per heavy atom. The molecular weight excluding hydrogens is 260 g/mol. The Balaban J connectivity index is 2.51. The Morgan fingerprint density at radius 1 is 1.40 bits per heavy atom. The van der Waals surface area contributed by atoms with Crippen molar-refractivity contribution in [2.45, 2.75) is 0 Å². The molecule has 0 saturated carbocycles. The van der Waals surface area contributed by atoms with Gasteiger partial charge in [0.15, 0.2) is 5.76 Å². The summed E-state index contributed by atoms with van der Waals surface area (Å²) in [6, 6.07) is 7.11. The molecule has 0 spiro atoms. The van der Waals surface area contributed by atoms with Crippen molar-refractivity contribution >= 4 is 32.7 Å². The number of carbonyl (C=O) groups excluding carboxylic acids is 1. The quantitative estimate of drug-likeness (QED) is 0.515. The van der Waals surface area contributed by atoms with Crippen LogP contribution < -0.4 is 0 Å². The first-order valence-electron chi connectivity index (χ1n) is 4.25. The van der Waals surface area contributed by atoms with Gasteiger partial charge in [-0.2, -0.15) is 0 Å². The van der Waals surface area contributed by atoms with Gasteiger partial charge in [0, 0.05) is 15.9 Å². The zero-order chi connectivity index (χ0) is 10.8. The third kappa shape index (κ3) is 1.94. The van der Waals surface area contributed by atoms with E-state index in [0.29, 0.717) is 11.8 Å². The number of benzene rings is 1. The van der Waals surface area contributed by atoms with Gasteiger partial charge in [-0.15, -0.1) is 0 Å². The lowest BCUT2D eigenvalue weighted by Gasteiger charge is -1.88. The highest BCUT2D eigenvalue weighted by Crippen LogP contribution is 2.23. The van der Waals surface area contributed by atoms with Crippen LogP contribution in [0.4, 0.5) is 0 Å². The summed E-state index contributed by atoms with van der Waals surface area (Å²) in [4.78, 5) is 11.3. The summed E-state index contributed by atoms with van der Waals surface area (Å²) >= 11 is 3.33. The summed E-state index contributed by atoms with van der Waals surface area (Å²) in [5.74, 6) is -0.141. The fraction of sp³-hybridized carbons (Fsp3) is 0. The molecule has 0 aliphatic rings. The number of hydrogen-bond acceptors (Lipinski definition) is 3. The highest BCUT2D eigenvalue weighted by Gasteiger charge is 2.09. The van der Waals surface area contributed by atoms with E-state index in [1.807, 2.05) is 12.1 Å². The van der Waals surface area contributed by atoms with Crippen LogP contribution in [0.15, 0.2) is 45.5 Å². The molecule has 0 aliphatic carbocycles. The van der Waals surface area contributed by atoms with Crippen LogP contribution in [-0.2, 0) is 0 Å². The average Bonchev–Trinajstić information content (AvgIpc) is 2.60. The van der Waals surface area contributed by atoms with Gasteiger partial charge in [-0.05, 0) is 24.3 Å². The van der Waals surface area contributed by atoms with Gasteiger partial charge in [-0.3, -0.25) is 4.79 Å². The van der Waals surface area contributed by atoms with Crippen LogP contribution in [0.25, 0.3) is 11.0 Å². The molecule has 15 heavy (non-hydrogen) atoms. The van der Waals surface area contributed by atoms with E-state index in [-0.39, 0.29) is 11.5 Å². The molecule has 1 aromatic carbocycles. The van der Waals surface area contributed by atoms with E-state index in [1.165, 1.54) is 0 Å². The average molecular weight is 267 g/mol. The van der Waals surface area contributed by atoms with Crippen LogP contribution in [0, 0.1) is 0 Å². The number of hydrogen-bond donors (Lipinski definition) is 1. The van der Waals surface area contributed by atoms with Crippen molar-refractivity contribution in [3.8, 4) is 0 Å². The molecule has 2 aromatic rings. The normalized spacial score (nSPS) is 11.3. The summed E-state index contributed by atoms with van der Waals surface area (Å²) in [5.41, 5.74) is 0.646. The number of furan rings is 1. The molecule has 0 amide bonds. The predicted octanol–water partition coefficient (Wildman–Crippen LogP) is 3.45. The maximum atomic E-state index is 11.3. The maximum Gasteiger partial charge on any atom is 0.224 e. The first-order chi connectivity index (χ1) is 7.20. The van der Waals surface area contributed by atoms with E-state index in [9.17, 15) is 4.79 Å². The maximum absolute atomic E-state index is 11.3. The number of allylic oxidation sites excluding steroid dienone is 1. The predicted molar refractivity (Wildman–Crippen MR) is 60.0 cm³/mol. The molecule has 0 radical (unpaired) electrons. The number of carbonyl (C=O) groups is 1. The van der Waals surface area contributed by atoms with E-state index in [2.05, 4.69) is 15.9 Å². The second-order valence-corrected chi connectivity index (χ2v) is 3.89. The molecule has 1 N–H and O–H groups in total. The minimum atomic E-state index is -0.357. The van der Waals surface area contributed by atoms with Crippen molar-refractivity contribution in [1.29, 1.82) is 0 Å². The van der Waals surface area contributed by atoms with Crippen molar-refractivity contribution in [3.63, 3.8) is 0 Å². The summed E-state index contributed by atoms with van der Waals surface area (Å²) in [7, 11) is 0. The van der Waals surface area contributed by atoms with E-state index in [0.717, 1.165) is 15.9 Å². The third-order valence-electron chi connectivity index (χ3n) is 1.95.